The first kappa shape index (κ1) is 14.4. The zero-order valence-corrected chi connectivity index (χ0v) is 12.5. The van der Waals surface area contributed by atoms with Gasteiger partial charge in [-0.25, -0.2) is 0 Å². The average molecular weight is 289 g/mol. The van der Waals surface area contributed by atoms with Crippen molar-refractivity contribution in [1.29, 1.82) is 0 Å². The summed E-state index contributed by atoms with van der Waals surface area (Å²) in [7, 11) is 0. The number of carbonyl (C=O) groups is 1. The van der Waals surface area contributed by atoms with Crippen LogP contribution in [-0.2, 0) is 4.74 Å². The van der Waals surface area contributed by atoms with E-state index in [-0.39, 0.29) is 5.91 Å². The first-order chi connectivity index (χ1) is 10.2. The Bertz CT molecular complexity index is 526. The number of nitrogens with two attached hydrogens (primary N) is 1. The normalized spacial score (nSPS) is 23.5. The van der Waals surface area contributed by atoms with Gasteiger partial charge < -0.3 is 15.4 Å². The van der Waals surface area contributed by atoms with E-state index in [1.165, 1.54) is 0 Å². The number of likely N-dealkylation sites (tertiary alicyclic amines) is 1. The van der Waals surface area contributed by atoms with Crippen LogP contribution < -0.4 is 5.73 Å². The van der Waals surface area contributed by atoms with Gasteiger partial charge in [0, 0.05) is 37.9 Å². The highest BCUT2D eigenvalue weighted by molar-refractivity contribution is 5.99. The molecule has 2 fully saturated rings. The topological polar surface area (TPSA) is 58.8 Å². The fraction of sp³-hybridized carbons (Fsp3) is 0.562. The molecule has 3 rings (SSSR count). The minimum Gasteiger partial charge on any atom is -0.398 e. The number of hydrogen-bond donors (Lipinski definition) is 1. The molecule has 2 N–H and O–H groups in total. The lowest BCUT2D eigenvalue weighted by atomic mass is 10.1. The highest BCUT2D eigenvalue weighted by atomic mass is 16.5. The van der Waals surface area contributed by atoms with Gasteiger partial charge in [0.1, 0.15) is 0 Å². The molecule has 1 atom stereocenters. The predicted octanol–water partition coefficient (Wildman–Crippen LogP) is 1.12. The summed E-state index contributed by atoms with van der Waals surface area (Å²) in [6.07, 6.45) is 1.04. The summed E-state index contributed by atoms with van der Waals surface area (Å²) >= 11 is 0. The van der Waals surface area contributed by atoms with Crippen molar-refractivity contribution in [1.82, 2.24) is 9.80 Å². The highest BCUT2D eigenvalue weighted by Crippen LogP contribution is 2.23. The molecule has 1 unspecified atom stereocenters. The van der Waals surface area contributed by atoms with Crippen molar-refractivity contribution < 1.29 is 9.53 Å². The zero-order valence-electron chi connectivity index (χ0n) is 12.5. The molecule has 2 heterocycles. The molecule has 21 heavy (non-hydrogen) atoms. The number of morpholine rings is 1. The van der Waals surface area contributed by atoms with Gasteiger partial charge in [0.25, 0.3) is 5.91 Å². The Hall–Kier alpha value is -1.59. The van der Waals surface area contributed by atoms with E-state index in [2.05, 4.69) is 4.90 Å². The Morgan fingerprint density at radius 3 is 2.81 bits per heavy atom. The Balaban J connectivity index is 1.68. The fourth-order valence-corrected chi connectivity index (χ4v) is 3.20. The lowest BCUT2D eigenvalue weighted by Gasteiger charge is -2.32. The Morgan fingerprint density at radius 2 is 2.05 bits per heavy atom. The number of carbonyl (C=O) groups excluding carboxylic acids is 1. The molecule has 0 spiro atoms. The Kier molecular flexibility index (Phi) is 4.12. The number of anilines is 1. The molecule has 1 aromatic rings. The first-order valence-corrected chi connectivity index (χ1v) is 7.63. The van der Waals surface area contributed by atoms with Gasteiger partial charge in [-0.2, -0.15) is 0 Å². The summed E-state index contributed by atoms with van der Waals surface area (Å²) in [5, 5.41) is 0. The predicted molar refractivity (Wildman–Crippen MR) is 82.3 cm³/mol. The van der Waals surface area contributed by atoms with Crippen LogP contribution in [0, 0.1) is 6.92 Å². The number of nitrogens with zero attached hydrogens (tertiary/aromatic N) is 2. The maximum atomic E-state index is 12.7. The third-order valence-electron chi connectivity index (χ3n) is 4.57. The molecule has 0 aromatic heterocycles. The van der Waals surface area contributed by atoms with Crippen molar-refractivity contribution in [2.45, 2.75) is 19.4 Å². The van der Waals surface area contributed by atoms with Crippen molar-refractivity contribution in [3.8, 4) is 0 Å². The number of amides is 1. The molecule has 5 heteroatoms. The summed E-state index contributed by atoms with van der Waals surface area (Å²) in [4.78, 5) is 17.0. The summed E-state index contributed by atoms with van der Waals surface area (Å²) in [5.41, 5.74) is 8.26. The quantitative estimate of drug-likeness (QED) is 0.829. The molecule has 0 saturated carbocycles. The van der Waals surface area contributed by atoms with E-state index >= 15 is 0 Å². The second-order valence-corrected chi connectivity index (χ2v) is 5.88. The second kappa shape index (κ2) is 6.03. The standard InChI is InChI=1S/C16H23N3O2/c1-12-3-2-4-14(15(12)17)16(20)19-6-5-13(11-19)18-7-9-21-10-8-18/h2-4,13H,5-11,17H2,1H3. The number of benzene rings is 1. The van der Waals surface area contributed by atoms with Gasteiger partial charge in [-0.1, -0.05) is 12.1 Å². The van der Waals surface area contributed by atoms with Crippen LogP contribution in [0.25, 0.3) is 0 Å². The Labute approximate surface area is 125 Å². The molecule has 0 aliphatic carbocycles. The summed E-state index contributed by atoms with van der Waals surface area (Å²) in [6.45, 7) is 7.09. The zero-order chi connectivity index (χ0) is 14.8. The van der Waals surface area contributed by atoms with Crippen LogP contribution in [0.4, 0.5) is 5.69 Å². The van der Waals surface area contributed by atoms with Crippen molar-refractivity contribution in [2.24, 2.45) is 0 Å². The smallest absolute Gasteiger partial charge is 0.256 e. The lowest BCUT2D eigenvalue weighted by Crippen LogP contribution is -2.45. The minimum atomic E-state index is 0.0620. The van der Waals surface area contributed by atoms with Crippen LogP contribution in [0.1, 0.15) is 22.3 Å². The fourth-order valence-electron chi connectivity index (χ4n) is 3.20. The maximum absolute atomic E-state index is 12.7. The van der Waals surface area contributed by atoms with E-state index in [9.17, 15) is 4.79 Å². The summed E-state index contributed by atoms with van der Waals surface area (Å²) in [6, 6.07) is 6.12. The van der Waals surface area contributed by atoms with Gasteiger partial charge in [-0.3, -0.25) is 9.69 Å². The second-order valence-electron chi connectivity index (χ2n) is 5.88. The Morgan fingerprint density at radius 1 is 1.29 bits per heavy atom. The number of ether oxygens (including phenoxy) is 1. The molecule has 2 aliphatic rings. The van der Waals surface area contributed by atoms with Crippen molar-refractivity contribution in [3.63, 3.8) is 0 Å². The van der Waals surface area contributed by atoms with E-state index in [0.29, 0.717) is 17.3 Å². The van der Waals surface area contributed by atoms with Gasteiger partial charge in [0.05, 0.1) is 18.8 Å². The molecule has 114 valence electrons. The SMILES string of the molecule is Cc1cccc(C(=O)N2CCC(N3CCOCC3)C2)c1N. The number of nitrogen functional groups attached to an aromatic ring is 1. The van der Waals surface area contributed by atoms with Crippen LogP contribution >= 0.6 is 0 Å². The molecule has 0 bridgehead atoms. The van der Waals surface area contributed by atoms with Gasteiger partial charge in [0.15, 0.2) is 0 Å². The third kappa shape index (κ3) is 2.89. The van der Waals surface area contributed by atoms with Crippen LogP contribution in [-0.4, -0.2) is 61.1 Å². The number of rotatable bonds is 2. The van der Waals surface area contributed by atoms with Crippen molar-refractivity contribution >= 4 is 11.6 Å². The third-order valence-corrected chi connectivity index (χ3v) is 4.57. The summed E-state index contributed by atoms with van der Waals surface area (Å²) in [5.74, 6) is 0.0620. The van der Waals surface area contributed by atoms with E-state index < -0.39 is 0 Å². The molecule has 1 aromatic carbocycles. The monoisotopic (exact) mass is 289 g/mol. The van der Waals surface area contributed by atoms with E-state index in [1.807, 2.05) is 30.0 Å². The molecular formula is C16H23N3O2. The first-order valence-electron chi connectivity index (χ1n) is 7.63. The molecule has 2 saturated heterocycles. The minimum absolute atomic E-state index is 0.0620. The van der Waals surface area contributed by atoms with Crippen LogP contribution in [0.2, 0.25) is 0 Å². The van der Waals surface area contributed by atoms with Gasteiger partial charge in [-0.05, 0) is 25.0 Å². The van der Waals surface area contributed by atoms with E-state index in [0.717, 1.165) is 51.4 Å². The maximum Gasteiger partial charge on any atom is 0.256 e. The highest BCUT2D eigenvalue weighted by Gasteiger charge is 2.32. The lowest BCUT2D eigenvalue weighted by molar-refractivity contribution is 0.0185. The molecule has 5 nitrogen and oxygen atoms in total. The van der Waals surface area contributed by atoms with Gasteiger partial charge in [0.2, 0.25) is 0 Å². The summed E-state index contributed by atoms with van der Waals surface area (Å²) < 4.78 is 5.39. The number of aryl methyl sites for hydroxylation is 1. The van der Waals surface area contributed by atoms with Crippen LogP contribution in [0.5, 0.6) is 0 Å². The van der Waals surface area contributed by atoms with Crippen LogP contribution in [0.15, 0.2) is 18.2 Å². The molecule has 0 radical (unpaired) electrons. The van der Waals surface area contributed by atoms with Gasteiger partial charge >= 0.3 is 0 Å². The van der Waals surface area contributed by atoms with Crippen LogP contribution in [0.3, 0.4) is 0 Å². The molecular weight excluding hydrogens is 266 g/mol. The number of para-hydroxylation sites is 1. The van der Waals surface area contributed by atoms with E-state index in [1.54, 1.807) is 0 Å². The van der Waals surface area contributed by atoms with Gasteiger partial charge in [-0.15, -0.1) is 0 Å². The molecule has 1 amide bonds. The average Bonchev–Trinajstić information content (AvgIpc) is 3.00. The number of hydrogen-bond acceptors (Lipinski definition) is 4. The largest absolute Gasteiger partial charge is 0.398 e. The van der Waals surface area contributed by atoms with Crippen molar-refractivity contribution in [2.75, 3.05) is 45.1 Å². The molecule has 2 aliphatic heterocycles. The van der Waals surface area contributed by atoms with Crippen molar-refractivity contribution in [3.05, 3.63) is 29.3 Å². The van der Waals surface area contributed by atoms with E-state index in [4.69, 9.17) is 10.5 Å².